The van der Waals surface area contributed by atoms with E-state index in [1.54, 1.807) is 17.9 Å². The largest absolute Gasteiger partial charge is 0.416 e. The lowest BCUT2D eigenvalue weighted by atomic mass is 9.87. The molecule has 8 nitrogen and oxygen atoms in total. The predicted molar refractivity (Wildman–Crippen MR) is 136 cm³/mol. The van der Waals surface area contributed by atoms with Gasteiger partial charge in [-0.05, 0) is 66.1 Å². The summed E-state index contributed by atoms with van der Waals surface area (Å²) in [6.45, 7) is 5.23. The van der Waals surface area contributed by atoms with Crippen molar-refractivity contribution in [1.29, 1.82) is 0 Å². The second kappa shape index (κ2) is 10.7. The zero-order valence-corrected chi connectivity index (χ0v) is 21.8. The van der Waals surface area contributed by atoms with Gasteiger partial charge in [-0.25, -0.2) is 4.79 Å². The Kier molecular flexibility index (Phi) is 7.33. The molecule has 1 saturated carbocycles. The monoisotopic (exact) mass is 541 g/mol. The average Bonchev–Trinajstić information content (AvgIpc) is 3.62. The van der Waals surface area contributed by atoms with Crippen LogP contribution in [0.3, 0.4) is 0 Å². The SMILES string of the molecule is CCCNC(=O)N1CCc2c(-c3cccc(C(F)(F)F)c3)ccc(CNC(=O)[C@H]3C[C@@H]3c3nc(C)no3)c2C1. The Bertz CT molecular complexity index is 1390. The van der Waals surface area contributed by atoms with Gasteiger partial charge in [-0.3, -0.25) is 4.79 Å². The number of urea groups is 1. The zero-order valence-electron chi connectivity index (χ0n) is 21.8. The van der Waals surface area contributed by atoms with E-state index >= 15 is 0 Å². The number of halogens is 3. The lowest BCUT2D eigenvalue weighted by molar-refractivity contribution is -0.137. The summed E-state index contributed by atoms with van der Waals surface area (Å²) in [4.78, 5) is 31.5. The van der Waals surface area contributed by atoms with E-state index < -0.39 is 11.7 Å². The smallest absolute Gasteiger partial charge is 0.352 e. The van der Waals surface area contributed by atoms with Crippen LogP contribution < -0.4 is 10.6 Å². The highest BCUT2D eigenvalue weighted by Crippen LogP contribution is 2.47. The fourth-order valence-electron chi connectivity index (χ4n) is 5.09. The third-order valence-electron chi connectivity index (χ3n) is 7.26. The molecule has 39 heavy (non-hydrogen) atoms. The number of fused-ring (bicyclic) bond motifs is 1. The number of aromatic nitrogens is 2. The van der Waals surface area contributed by atoms with E-state index in [0.717, 1.165) is 35.2 Å². The van der Waals surface area contributed by atoms with E-state index in [1.807, 2.05) is 19.1 Å². The van der Waals surface area contributed by atoms with Gasteiger partial charge in [-0.1, -0.05) is 36.3 Å². The summed E-state index contributed by atoms with van der Waals surface area (Å²) >= 11 is 0. The first-order valence-corrected chi connectivity index (χ1v) is 13.1. The maximum Gasteiger partial charge on any atom is 0.416 e. The van der Waals surface area contributed by atoms with Crippen LogP contribution >= 0.6 is 0 Å². The van der Waals surface area contributed by atoms with Crippen LogP contribution in [0.4, 0.5) is 18.0 Å². The molecule has 0 unspecified atom stereocenters. The Balaban J connectivity index is 1.39. The van der Waals surface area contributed by atoms with Crippen molar-refractivity contribution in [3.05, 3.63) is 70.4 Å². The summed E-state index contributed by atoms with van der Waals surface area (Å²) in [6.07, 6.45) is -2.53. The van der Waals surface area contributed by atoms with Crippen molar-refractivity contribution < 1.29 is 27.3 Å². The third kappa shape index (κ3) is 5.76. The van der Waals surface area contributed by atoms with Crippen molar-refractivity contribution in [3.63, 3.8) is 0 Å². The molecule has 0 radical (unpaired) electrons. The summed E-state index contributed by atoms with van der Waals surface area (Å²) < 4.78 is 45.4. The number of carbonyl (C=O) groups is 2. The van der Waals surface area contributed by atoms with E-state index in [1.165, 1.54) is 6.07 Å². The van der Waals surface area contributed by atoms with Gasteiger partial charge in [0.2, 0.25) is 11.8 Å². The Morgan fingerprint density at radius 3 is 2.69 bits per heavy atom. The molecule has 0 spiro atoms. The number of amides is 3. The van der Waals surface area contributed by atoms with Crippen LogP contribution in [-0.2, 0) is 30.5 Å². The molecular formula is C28H30F3N5O3. The minimum atomic E-state index is -4.45. The molecule has 2 N–H and O–H groups in total. The quantitative estimate of drug-likeness (QED) is 0.440. The number of alkyl halides is 3. The van der Waals surface area contributed by atoms with Crippen molar-refractivity contribution in [2.24, 2.45) is 5.92 Å². The molecule has 206 valence electrons. The van der Waals surface area contributed by atoms with Crippen LogP contribution in [0.15, 0.2) is 40.9 Å². The van der Waals surface area contributed by atoms with Gasteiger partial charge >= 0.3 is 12.2 Å². The predicted octanol–water partition coefficient (Wildman–Crippen LogP) is 4.96. The minimum absolute atomic E-state index is 0.0962. The first kappa shape index (κ1) is 26.7. The molecule has 2 atom stereocenters. The molecule has 5 rings (SSSR count). The molecule has 0 bridgehead atoms. The average molecular weight is 542 g/mol. The first-order chi connectivity index (χ1) is 18.7. The standard InChI is InChI=1S/C28H30F3N5O3/c1-3-10-32-27(38)36-11-9-21-20(17-5-4-6-19(12-17)28(29,30)31)8-7-18(24(21)15-36)14-33-25(37)22-13-23(22)26-34-16(2)35-39-26/h4-8,12,22-23H,3,9-11,13-15H2,1-2H3,(H,32,38)(H,33,37)/t22-,23-/m0/s1. The molecule has 2 aliphatic rings. The topological polar surface area (TPSA) is 100 Å². The van der Waals surface area contributed by atoms with Crippen LogP contribution in [0, 0.1) is 12.8 Å². The minimum Gasteiger partial charge on any atom is -0.352 e. The number of nitrogens with one attached hydrogen (secondary N) is 2. The van der Waals surface area contributed by atoms with Crippen molar-refractivity contribution in [1.82, 2.24) is 25.7 Å². The number of carbonyl (C=O) groups excluding carboxylic acids is 2. The summed E-state index contributed by atoms with van der Waals surface area (Å²) in [5.74, 6) is 0.516. The summed E-state index contributed by atoms with van der Waals surface area (Å²) in [7, 11) is 0. The lowest BCUT2D eigenvalue weighted by Gasteiger charge is -2.32. The molecule has 1 aliphatic carbocycles. The molecule has 11 heteroatoms. The third-order valence-corrected chi connectivity index (χ3v) is 7.26. The van der Waals surface area contributed by atoms with Gasteiger partial charge in [0.1, 0.15) is 0 Å². The van der Waals surface area contributed by atoms with E-state index in [9.17, 15) is 22.8 Å². The maximum atomic E-state index is 13.4. The Morgan fingerprint density at radius 1 is 1.15 bits per heavy atom. The maximum absolute atomic E-state index is 13.4. The Morgan fingerprint density at radius 2 is 1.97 bits per heavy atom. The number of rotatable bonds is 7. The fraction of sp³-hybridized carbons (Fsp3) is 0.429. The van der Waals surface area contributed by atoms with E-state index in [2.05, 4.69) is 20.8 Å². The van der Waals surface area contributed by atoms with Crippen LogP contribution in [0.2, 0.25) is 0 Å². The van der Waals surface area contributed by atoms with Crippen LogP contribution in [-0.4, -0.2) is 40.1 Å². The van der Waals surface area contributed by atoms with Gasteiger partial charge in [-0.2, -0.15) is 18.2 Å². The molecule has 0 saturated heterocycles. The number of hydrogen-bond acceptors (Lipinski definition) is 5. The molecule has 3 amide bonds. The number of hydrogen-bond donors (Lipinski definition) is 2. The summed E-state index contributed by atoms with van der Waals surface area (Å²) in [5.41, 5.74) is 3.03. The van der Waals surface area contributed by atoms with Crippen molar-refractivity contribution in [3.8, 4) is 11.1 Å². The van der Waals surface area contributed by atoms with Gasteiger partial charge in [0.15, 0.2) is 5.82 Å². The molecular weight excluding hydrogens is 511 g/mol. The molecule has 1 fully saturated rings. The summed E-state index contributed by atoms with van der Waals surface area (Å²) in [5, 5.41) is 9.67. The van der Waals surface area contributed by atoms with Gasteiger partial charge < -0.3 is 20.1 Å². The second-order valence-corrected chi connectivity index (χ2v) is 10.1. The highest BCUT2D eigenvalue weighted by atomic mass is 19.4. The van der Waals surface area contributed by atoms with Gasteiger partial charge in [0.05, 0.1) is 17.4 Å². The Labute approximate surface area is 224 Å². The van der Waals surface area contributed by atoms with Crippen LogP contribution in [0.5, 0.6) is 0 Å². The van der Waals surface area contributed by atoms with Crippen molar-refractivity contribution in [2.45, 2.75) is 58.3 Å². The highest BCUT2D eigenvalue weighted by molar-refractivity contribution is 5.82. The van der Waals surface area contributed by atoms with E-state index in [-0.39, 0.29) is 30.3 Å². The van der Waals surface area contributed by atoms with E-state index in [4.69, 9.17) is 4.52 Å². The highest BCUT2D eigenvalue weighted by Gasteiger charge is 2.47. The molecule has 1 aromatic heterocycles. The van der Waals surface area contributed by atoms with Crippen molar-refractivity contribution in [2.75, 3.05) is 13.1 Å². The molecule has 3 aromatic rings. The van der Waals surface area contributed by atoms with Gasteiger partial charge in [-0.15, -0.1) is 0 Å². The van der Waals surface area contributed by atoms with Crippen LogP contribution in [0.25, 0.3) is 11.1 Å². The fourth-order valence-corrected chi connectivity index (χ4v) is 5.09. The van der Waals surface area contributed by atoms with Crippen molar-refractivity contribution >= 4 is 11.9 Å². The lowest BCUT2D eigenvalue weighted by Crippen LogP contribution is -2.43. The van der Waals surface area contributed by atoms with Gasteiger partial charge in [0, 0.05) is 26.2 Å². The van der Waals surface area contributed by atoms with Crippen LogP contribution in [0.1, 0.15) is 59.7 Å². The Hall–Kier alpha value is -3.89. The normalized spacial score (nSPS) is 18.4. The second-order valence-electron chi connectivity index (χ2n) is 10.1. The number of benzene rings is 2. The zero-order chi connectivity index (χ0) is 27.7. The first-order valence-electron chi connectivity index (χ1n) is 13.1. The number of nitrogens with zero attached hydrogens (tertiary/aromatic N) is 3. The van der Waals surface area contributed by atoms with E-state index in [0.29, 0.717) is 55.3 Å². The van der Waals surface area contributed by atoms with Gasteiger partial charge in [0.25, 0.3) is 0 Å². The number of aryl methyl sites for hydroxylation is 1. The summed E-state index contributed by atoms with van der Waals surface area (Å²) in [6, 6.07) is 8.74. The molecule has 1 aliphatic heterocycles. The molecule has 2 aromatic carbocycles. The molecule has 2 heterocycles.